The molecule has 0 unspecified atom stereocenters. The van der Waals surface area contributed by atoms with E-state index in [1.54, 1.807) is 0 Å². The van der Waals surface area contributed by atoms with Crippen LogP contribution in [-0.4, -0.2) is 39.0 Å². The van der Waals surface area contributed by atoms with Gasteiger partial charge in [0.25, 0.3) is 0 Å². The minimum atomic E-state index is 0. The Morgan fingerprint density at radius 3 is 0.976 bits per heavy atom. The fourth-order valence-corrected chi connectivity index (χ4v) is 8.84. The van der Waals surface area contributed by atoms with Crippen LogP contribution in [0.3, 0.4) is 0 Å². The fraction of sp³-hybridized carbons (Fsp3) is 0.260. The quantitative estimate of drug-likeness (QED) is 0.163. The molecule has 0 N–H and O–H groups in total. The van der Waals surface area contributed by atoms with Gasteiger partial charge in [0.2, 0.25) is 0 Å². The van der Waals surface area contributed by atoms with Gasteiger partial charge in [0, 0.05) is 87.8 Å². The Morgan fingerprint density at radius 1 is 0.337 bits per heavy atom. The molecular weight excluding hydrogens is 1170 g/mol. The topological polar surface area (TPSA) is 87.2 Å². The van der Waals surface area contributed by atoms with E-state index in [2.05, 4.69) is 277 Å². The molecule has 4 aromatic heterocycles. The van der Waals surface area contributed by atoms with Crippen LogP contribution in [0.1, 0.15) is 124 Å². The Kier molecular flexibility index (Phi) is 38.1. The van der Waals surface area contributed by atoms with Gasteiger partial charge in [-0.05, 0) is 101 Å². The van der Waals surface area contributed by atoms with Crippen molar-refractivity contribution < 1.29 is 65.4 Å². The zero-order chi connectivity index (χ0) is 59.5. The van der Waals surface area contributed by atoms with E-state index < -0.39 is 0 Å². The van der Waals surface area contributed by atoms with Crippen molar-refractivity contribution in [2.24, 2.45) is 0 Å². The third-order valence-corrected chi connectivity index (χ3v) is 11.6. The van der Waals surface area contributed by atoms with Gasteiger partial charge in [-0.15, -0.1) is 22.9 Å². The summed E-state index contributed by atoms with van der Waals surface area (Å²) in [5.41, 5.74) is 18.7. The Hall–Kier alpha value is -6.41. The first-order valence-corrected chi connectivity index (χ1v) is 28.9. The largest absolute Gasteiger partial charge is 0.334 e. The number of benzene rings is 8. The van der Waals surface area contributed by atoms with E-state index in [1.807, 2.05) is 55.4 Å². The number of nitrogens with zero attached hydrogens (tertiary/aromatic N) is 8. The standard InChI is InChI=1S/C28H24N.C25H18N.2C3H3N3.2C3H8.4C2H6.2Y/c1-18-10-12-24-25-13-11-22(28-20(3)14-19(2)15-21(28)4)17-27(25)29(26(24)16-18)23-8-6-5-7-9-23;1-18-12-14-22-23-15-13-20(19-8-4-2-5-9-19)17-25(23)26(24(22)16-18)21-10-6-3-7-11-21;2*1-4-2-6-3-5-1;2*1-3-2;4*1-2;;/h5-9,11-17H,1-4H3;2-11,13-17H,1H3;2*1-3H;2*3H2,1-2H3;4*1-2H3;;/q2*-1;;;;;;;;;;. The summed E-state index contributed by atoms with van der Waals surface area (Å²) in [6, 6.07) is 65.4. The molecule has 0 bridgehead atoms. The fourth-order valence-electron chi connectivity index (χ4n) is 8.84. The van der Waals surface area contributed by atoms with E-state index in [-0.39, 0.29) is 65.4 Å². The summed E-state index contributed by atoms with van der Waals surface area (Å²) in [6.45, 7) is 35.3. The van der Waals surface area contributed by atoms with Gasteiger partial charge >= 0.3 is 0 Å². The van der Waals surface area contributed by atoms with E-state index >= 15 is 0 Å². The third-order valence-electron chi connectivity index (χ3n) is 11.6. The molecule has 8 aromatic carbocycles. The van der Waals surface area contributed by atoms with Crippen molar-refractivity contribution in [1.82, 2.24) is 39.0 Å². The van der Waals surface area contributed by atoms with E-state index in [0.717, 1.165) is 11.1 Å². The van der Waals surface area contributed by atoms with Gasteiger partial charge in [0.15, 0.2) is 0 Å². The summed E-state index contributed by atoms with van der Waals surface area (Å²) in [5, 5.41) is 5.03. The third kappa shape index (κ3) is 21.6. The summed E-state index contributed by atoms with van der Waals surface area (Å²) in [7, 11) is 0. The van der Waals surface area contributed by atoms with Crippen LogP contribution in [0.2, 0.25) is 0 Å². The second-order valence-electron chi connectivity index (χ2n) is 17.8. The molecule has 83 heavy (non-hydrogen) atoms. The number of hydrogen-bond acceptors (Lipinski definition) is 6. The Bertz CT molecular complexity index is 3500. The first-order chi connectivity index (χ1) is 39.7. The monoisotopic (exact) mass is 1250 g/mol. The summed E-state index contributed by atoms with van der Waals surface area (Å²) in [6.07, 6.45) is 11.1. The van der Waals surface area contributed by atoms with Crippen LogP contribution in [0.5, 0.6) is 0 Å². The molecule has 8 nitrogen and oxygen atoms in total. The molecule has 0 fully saturated rings. The average Bonchev–Trinajstić information content (AvgIpc) is 3.55. The SMILES string of the molecule is CC.CC.CC.CC.CCC.CCC.Cc1[c-]cc2c3ccc(-c4c(C)cc(C)cc4C)cc3n(-c3ccccc3)c2c1.Cc1[c-]cc2c3ccc(-c4ccccc4)cc3n(-c3ccccc3)c2c1.[Y].[Y].c1ncncn1.c1ncncn1. The van der Waals surface area contributed by atoms with Crippen molar-refractivity contribution in [3.8, 4) is 33.6 Å². The number of aryl methyl sites for hydroxylation is 5. The molecule has 12 aromatic rings. The van der Waals surface area contributed by atoms with Gasteiger partial charge in [0.05, 0.1) is 0 Å². The molecular formula is C73H88N8Y2-2. The summed E-state index contributed by atoms with van der Waals surface area (Å²) < 4.78 is 4.74. The van der Waals surface area contributed by atoms with E-state index in [9.17, 15) is 0 Å². The average molecular weight is 1260 g/mol. The minimum absolute atomic E-state index is 0. The Labute approximate surface area is 548 Å². The molecule has 0 saturated carbocycles. The van der Waals surface area contributed by atoms with E-state index in [4.69, 9.17) is 0 Å². The van der Waals surface area contributed by atoms with Gasteiger partial charge in [-0.2, -0.15) is 35.4 Å². The van der Waals surface area contributed by atoms with Crippen molar-refractivity contribution in [2.75, 3.05) is 0 Å². The smallest absolute Gasteiger partial charge is 0.119 e. The summed E-state index contributed by atoms with van der Waals surface area (Å²) in [5.74, 6) is 0. The molecule has 0 aliphatic heterocycles. The van der Waals surface area contributed by atoms with E-state index in [0.29, 0.717) is 0 Å². The summed E-state index contributed by atoms with van der Waals surface area (Å²) >= 11 is 0. The zero-order valence-corrected chi connectivity index (χ0v) is 58.4. The van der Waals surface area contributed by atoms with Gasteiger partial charge in [-0.3, -0.25) is 0 Å². The molecule has 0 aliphatic rings. The maximum atomic E-state index is 3.56. The number of rotatable bonds is 4. The molecule has 4 heterocycles. The first-order valence-electron chi connectivity index (χ1n) is 28.9. The number of aromatic nitrogens is 8. The van der Waals surface area contributed by atoms with Crippen LogP contribution in [0.4, 0.5) is 0 Å². The zero-order valence-electron chi connectivity index (χ0n) is 52.7. The van der Waals surface area contributed by atoms with Crippen molar-refractivity contribution in [3.63, 3.8) is 0 Å². The number of para-hydroxylation sites is 2. The Balaban J connectivity index is 0.000000578. The van der Waals surface area contributed by atoms with Crippen molar-refractivity contribution in [2.45, 2.75) is 131 Å². The van der Waals surface area contributed by atoms with Crippen LogP contribution >= 0.6 is 0 Å². The molecule has 0 saturated heterocycles. The molecule has 10 heteroatoms. The minimum Gasteiger partial charge on any atom is -0.334 e. The van der Waals surface area contributed by atoms with Crippen LogP contribution in [0.15, 0.2) is 202 Å². The van der Waals surface area contributed by atoms with Gasteiger partial charge in [0.1, 0.15) is 38.0 Å². The predicted octanol–water partition coefficient (Wildman–Crippen LogP) is 20.7. The van der Waals surface area contributed by atoms with Crippen molar-refractivity contribution in [3.05, 3.63) is 242 Å². The maximum Gasteiger partial charge on any atom is 0.119 e. The molecule has 12 rings (SSSR count). The van der Waals surface area contributed by atoms with E-state index in [1.165, 1.54) is 145 Å². The van der Waals surface area contributed by atoms with Crippen LogP contribution in [-0.2, 0) is 65.4 Å². The molecule has 0 spiro atoms. The molecule has 0 aliphatic carbocycles. The van der Waals surface area contributed by atoms with Crippen LogP contribution in [0, 0.1) is 46.8 Å². The molecule has 2 radical (unpaired) electrons. The maximum absolute atomic E-state index is 3.56. The van der Waals surface area contributed by atoms with Crippen molar-refractivity contribution in [1.29, 1.82) is 0 Å². The second-order valence-corrected chi connectivity index (χ2v) is 17.8. The van der Waals surface area contributed by atoms with Crippen LogP contribution in [0.25, 0.3) is 77.2 Å². The first kappa shape index (κ1) is 74.6. The van der Waals surface area contributed by atoms with Crippen molar-refractivity contribution >= 4 is 43.6 Å². The summed E-state index contributed by atoms with van der Waals surface area (Å²) in [4.78, 5) is 21.4. The van der Waals surface area contributed by atoms with Gasteiger partial charge < -0.3 is 9.13 Å². The molecule has 428 valence electrons. The predicted molar refractivity (Wildman–Crippen MR) is 351 cm³/mol. The normalized spacial score (nSPS) is 9.41. The molecule has 0 atom stereocenters. The number of hydrogen-bond donors (Lipinski definition) is 0. The van der Waals surface area contributed by atoms with Gasteiger partial charge in [-0.25, -0.2) is 29.9 Å². The second kappa shape index (κ2) is 42.4. The Morgan fingerprint density at radius 2 is 0.639 bits per heavy atom. The van der Waals surface area contributed by atoms with Crippen LogP contribution < -0.4 is 0 Å². The number of fused-ring (bicyclic) bond motifs is 6. The van der Waals surface area contributed by atoms with Gasteiger partial charge in [-0.1, -0.05) is 229 Å². The molecule has 0 amide bonds.